The third-order valence-electron chi connectivity index (χ3n) is 4.56. The van der Waals surface area contributed by atoms with E-state index < -0.39 is 0 Å². The van der Waals surface area contributed by atoms with Gasteiger partial charge in [0.2, 0.25) is 0 Å². The fourth-order valence-corrected chi connectivity index (χ4v) is 3.33. The fraction of sp³-hybridized carbons (Fsp3) is 1.00. The molecule has 0 bridgehead atoms. The van der Waals surface area contributed by atoms with E-state index >= 15 is 0 Å². The molecule has 1 atom stereocenters. The highest BCUT2D eigenvalue weighted by molar-refractivity contribution is 7.16. The van der Waals surface area contributed by atoms with Crippen molar-refractivity contribution < 1.29 is 0 Å². The summed E-state index contributed by atoms with van der Waals surface area (Å²) in [6.45, 7) is 2.30. The van der Waals surface area contributed by atoms with E-state index in [-0.39, 0.29) is 0 Å². The summed E-state index contributed by atoms with van der Waals surface area (Å²) in [5.41, 5.74) is 0. The summed E-state index contributed by atoms with van der Waals surface area (Å²) in [5.74, 6) is 0. The van der Waals surface area contributed by atoms with E-state index in [9.17, 15) is 0 Å². The fourth-order valence-electron chi connectivity index (χ4n) is 3.05. The first kappa shape index (κ1) is 21.4. The van der Waals surface area contributed by atoms with Gasteiger partial charge >= 0.3 is 0 Å². The molecule has 0 aliphatic rings. The summed E-state index contributed by atoms with van der Waals surface area (Å²) in [6.07, 6.45) is 27.7. The number of rotatable bonds is 18. The van der Waals surface area contributed by atoms with Crippen molar-refractivity contribution in [2.45, 2.75) is 122 Å². The zero-order chi connectivity index (χ0) is 15.4. The van der Waals surface area contributed by atoms with Gasteiger partial charge in [0.05, 0.1) is 0 Å². The van der Waals surface area contributed by atoms with Crippen molar-refractivity contribution in [1.29, 1.82) is 0 Å². The van der Waals surface area contributed by atoms with Gasteiger partial charge in [-0.05, 0) is 12.6 Å². The van der Waals surface area contributed by atoms with E-state index in [1.54, 1.807) is 0 Å². The van der Waals surface area contributed by atoms with Gasteiger partial charge in [0.1, 0.15) is 0 Å². The lowest BCUT2D eigenvalue weighted by Crippen LogP contribution is -1.84. The minimum atomic E-state index is 1.29. The van der Waals surface area contributed by atoms with Gasteiger partial charge in [0, 0.05) is 0 Å². The predicted octanol–water partition coefficient (Wildman–Crippen LogP) is 7.90. The molecule has 0 spiro atoms. The van der Waals surface area contributed by atoms with Crippen molar-refractivity contribution >= 4 is 9.24 Å². The van der Waals surface area contributed by atoms with Crippen molar-refractivity contribution in [3.63, 3.8) is 0 Å². The summed E-state index contributed by atoms with van der Waals surface area (Å²) in [4.78, 5) is 0. The average molecular weight is 315 g/mol. The topological polar surface area (TPSA) is 0 Å². The second-order valence-corrected chi connectivity index (χ2v) is 7.38. The molecule has 128 valence electrons. The van der Waals surface area contributed by atoms with Gasteiger partial charge in [-0.1, -0.05) is 116 Å². The molecule has 0 aromatic rings. The van der Waals surface area contributed by atoms with Crippen LogP contribution in [0.4, 0.5) is 0 Å². The van der Waals surface area contributed by atoms with Crippen LogP contribution >= 0.6 is 9.24 Å². The maximum Gasteiger partial charge on any atom is -0.0381 e. The SMILES string of the molecule is CCCCCCCCCCCCCCCCCCCCP. The van der Waals surface area contributed by atoms with Crippen molar-refractivity contribution in [2.75, 3.05) is 6.16 Å². The van der Waals surface area contributed by atoms with E-state index in [0.717, 1.165) is 0 Å². The zero-order valence-electron chi connectivity index (χ0n) is 15.0. The zero-order valence-corrected chi connectivity index (χ0v) is 16.2. The molecule has 0 heterocycles. The largest absolute Gasteiger partial charge is 0.138 e. The molecule has 21 heavy (non-hydrogen) atoms. The lowest BCUT2D eigenvalue weighted by Gasteiger charge is -2.03. The van der Waals surface area contributed by atoms with E-state index in [2.05, 4.69) is 16.2 Å². The van der Waals surface area contributed by atoms with Crippen LogP contribution in [0.15, 0.2) is 0 Å². The summed E-state index contributed by atoms with van der Waals surface area (Å²) in [6, 6.07) is 0. The van der Waals surface area contributed by atoms with Crippen LogP contribution in [-0.4, -0.2) is 6.16 Å². The van der Waals surface area contributed by atoms with Crippen LogP contribution in [0.1, 0.15) is 122 Å². The number of hydrogen-bond donors (Lipinski definition) is 0. The maximum absolute atomic E-state index is 2.83. The summed E-state index contributed by atoms with van der Waals surface area (Å²) in [5, 5.41) is 0. The van der Waals surface area contributed by atoms with Crippen molar-refractivity contribution in [3.8, 4) is 0 Å². The van der Waals surface area contributed by atoms with Crippen molar-refractivity contribution in [2.24, 2.45) is 0 Å². The molecule has 0 aromatic carbocycles. The summed E-state index contributed by atoms with van der Waals surface area (Å²) >= 11 is 0. The van der Waals surface area contributed by atoms with Crippen molar-refractivity contribution in [1.82, 2.24) is 0 Å². The highest BCUT2D eigenvalue weighted by atomic mass is 31.0. The monoisotopic (exact) mass is 314 g/mol. The van der Waals surface area contributed by atoms with Gasteiger partial charge < -0.3 is 0 Å². The molecule has 1 heteroatoms. The Balaban J connectivity index is 2.90. The lowest BCUT2D eigenvalue weighted by molar-refractivity contribution is 0.526. The molecular formula is C20H43P. The number of hydrogen-bond acceptors (Lipinski definition) is 0. The van der Waals surface area contributed by atoms with Crippen LogP contribution in [0.2, 0.25) is 0 Å². The van der Waals surface area contributed by atoms with Crippen LogP contribution in [0.3, 0.4) is 0 Å². The quantitative estimate of drug-likeness (QED) is 0.178. The average Bonchev–Trinajstić information content (AvgIpc) is 2.50. The molecule has 0 rings (SSSR count). The molecule has 0 radical (unpaired) electrons. The Kier molecular flexibility index (Phi) is 20.8. The molecule has 0 aliphatic carbocycles. The van der Waals surface area contributed by atoms with Crippen LogP contribution in [0.5, 0.6) is 0 Å². The minimum Gasteiger partial charge on any atom is -0.138 e. The van der Waals surface area contributed by atoms with Gasteiger partial charge in [-0.25, -0.2) is 0 Å². The minimum absolute atomic E-state index is 1.29. The molecule has 1 unspecified atom stereocenters. The van der Waals surface area contributed by atoms with E-state index in [4.69, 9.17) is 0 Å². The van der Waals surface area contributed by atoms with E-state index in [0.29, 0.717) is 0 Å². The van der Waals surface area contributed by atoms with Crippen LogP contribution in [0, 0.1) is 0 Å². The Morgan fingerprint density at radius 2 is 0.619 bits per heavy atom. The van der Waals surface area contributed by atoms with Gasteiger partial charge in [0.25, 0.3) is 0 Å². The predicted molar refractivity (Wildman–Crippen MR) is 103 cm³/mol. The first-order valence-corrected chi connectivity index (χ1v) is 10.9. The highest BCUT2D eigenvalue weighted by Gasteiger charge is 1.94. The smallest absolute Gasteiger partial charge is 0.0381 e. The Bertz CT molecular complexity index is 149. The van der Waals surface area contributed by atoms with E-state index in [1.807, 2.05) is 0 Å². The van der Waals surface area contributed by atoms with Gasteiger partial charge in [-0.3, -0.25) is 0 Å². The molecule has 0 fully saturated rings. The van der Waals surface area contributed by atoms with E-state index in [1.165, 1.54) is 122 Å². The first-order chi connectivity index (χ1) is 10.4. The lowest BCUT2D eigenvalue weighted by atomic mass is 10.0. The molecule has 0 saturated heterocycles. The number of unbranched alkanes of at least 4 members (excludes halogenated alkanes) is 17. The van der Waals surface area contributed by atoms with Gasteiger partial charge in [-0.2, -0.15) is 0 Å². The summed E-state index contributed by atoms with van der Waals surface area (Å²) < 4.78 is 0. The van der Waals surface area contributed by atoms with Crippen molar-refractivity contribution in [3.05, 3.63) is 0 Å². The molecule has 0 N–H and O–H groups in total. The summed E-state index contributed by atoms with van der Waals surface area (Å²) in [7, 11) is 2.83. The van der Waals surface area contributed by atoms with Crippen LogP contribution in [-0.2, 0) is 0 Å². The molecule has 0 nitrogen and oxygen atoms in total. The third-order valence-corrected chi connectivity index (χ3v) is 4.97. The normalized spacial score (nSPS) is 11.1. The first-order valence-electron chi connectivity index (χ1n) is 10.1. The van der Waals surface area contributed by atoms with Gasteiger partial charge in [0.15, 0.2) is 0 Å². The Morgan fingerprint density at radius 1 is 0.381 bits per heavy atom. The molecule has 0 aromatic heterocycles. The Labute approximate surface area is 138 Å². The molecular weight excluding hydrogens is 271 g/mol. The van der Waals surface area contributed by atoms with Crippen LogP contribution in [0.25, 0.3) is 0 Å². The molecule has 0 aliphatic heterocycles. The Morgan fingerprint density at radius 3 is 0.857 bits per heavy atom. The molecule has 0 amide bonds. The standard InChI is InChI=1S/C20H43P/c1-2-3-4-5-6-7-8-9-10-11-12-13-14-15-16-17-18-19-20-21/h2-21H2,1H3. The molecule has 0 saturated carbocycles. The highest BCUT2D eigenvalue weighted by Crippen LogP contribution is 2.14. The maximum atomic E-state index is 2.83. The second kappa shape index (κ2) is 20.4. The van der Waals surface area contributed by atoms with Crippen LogP contribution < -0.4 is 0 Å². The Hall–Kier alpha value is 0.430. The third kappa shape index (κ3) is 20.4. The van der Waals surface area contributed by atoms with Gasteiger partial charge in [-0.15, -0.1) is 9.24 Å². The second-order valence-electron chi connectivity index (χ2n) is 6.80.